The van der Waals surface area contributed by atoms with Crippen molar-refractivity contribution in [1.82, 2.24) is 9.21 Å². The first-order chi connectivity index (χ1) is 9.82. The van der Waals surface area contributed by atoms with E-state index >= 15 is 0 Å². The first-order valence-electron chi connectivity index (χ1n) is 6.62. The van der Waals surface area contributed by atoms with Gasteiger partial charge in [0.05, 0.1) is 10.4 Å². The molecule has 1 amide bonds. The van der Waals surface area contributed by atoms with Gasteiger partial charge < -0.3 is 10.6 Å². The minimum Gasteiger partial charge on any atom is -0.340 e. The van der Waals surface area contributed by atoms with Gasteiger partial charge in [0.25, 0.3) is 10.0 Å². The number of hydrogen-bond acceptors (Lipinski definition) is 5. The topological polar surface area (TPSA) is 83.7 Å². The summed E-state index contributed by atoms with van der Waals surface area (Å²) in [6.45, 7) is 3.18. The molecule has 21 heavy (non-hydrogen) atoms. The largest absolute Gasteiger partial charge is 0.340 e. The Morgan fingerprint density at radius 1 is 1.33 bits per heavy atom. The zero-order valence-electron chi connectivity index (χ0n) is 11.7. The van der Waals surface area contributed by atoms with Gasteiger partial charge in [-0.3, -0.25) is 4.79 Å². The number of sulfonamides is 1. The van der Waals surface area contributed by atoms with Crippen LogP contribution in [0.2, 0.25) is 4.34 Å². The third-order valence-corrected chi connectivity index (χ3v) is 6.90. The average Bonchev–Trinajstić information content (AvgIpc) is 2.72. The molecule has 1 aliphatic heterocycles. The van der Waals surface area contributed by atoms with Crippen LogP contribution in [0.25, 0.3) is 0 Å². The maximum absolute atomic E-state index is 12.5. The van der Waals surface area contributed by atoms with Crippen LogP contribution in [-0.4, -0.2) is 55.8 Å². The van der Waals surface area contributed by atoms with E-state index in [1.54, 1.807) is 17.9 Å². The van der Waals surface area contributed by atoms with Crippen LogP contribution in [0, 0.1) is 0 Å². The van der Waals surface area contributed by atoms with E-state index in [0.717, 1.165) is 11.3 Å². The molecule has 1 saturated heterocycles. The van der Waals surface area contributed by atoms with Crippen molar-refractivity contribution in [3.63, 3.8) is 0 Å². The highest BCUT2D eigenvalue weighted by molar-refractivity contribution is 7.91. The molecule has 1 atom stereocenters. The number of amides is 1. The summed E-state index contributed by atoms with van der Waals surface area (Å²) in [5, 5.41) is 0. The molecule has 2 N–H and O–H groups in total. The molecular weight excluding hydrogens is 334 g/mol. The number of hydrogen-bond donors (Lipinski definition) is 1. The molecule has 2 heterocycles. The van der Waals surface area contributed by atoms with Crippen molar-refractivity contribution in [2.75, 3.05) is 26.2 Å². The van der Waals surface area contributed by atoms with Gasteiger partial charge in [-0.2, -0.15) is 4.31 Å². The van der Waals surface area contributed by atoms with E-state index in [-0.39, 0.29) is 16.7 Å². The van der Waals surface area contributed by atoms with E-state index in [4.69, 9.17) is 17.3 Å². The lowest BCUT2D eigenvalue weighted by atomic mass is 10.3. The van der Waals surface area contributed by atoms with E-state index in [2.05, 4.69) is 0 Å². The Hall–Kier alpha value is -0.670. The second-order valence-corrected chi connectivity index (χ2v) is 8.81. The maximum atomic E-state index is 12.5. The molecule has 0 aliphatic carbocycles. The Morgan fingerprint density at radius 3 is 2.62 bits per heavy atom. The summed E-state index contributed by atoms with van der Waals surface area (Å²) < 4.78 is 27.1. The quantitative estimate of drug-likeness (QED) is 0.879. The molecule has 9 heteroatoms. The molecule has 0 saturated carbocycles. The Morgan fingerprint density at radius 2 is 2.05 bits per heavy atom. The van der Waals surface area contributed by atoms with Gasteiger partial charge in [0.2, 0.25) is 5.91 Å². The lowest BCUT2D eigenvalue weighted by Gasteiger charge is -2.23. The predicted octanol–water partition coefficient (Wildman–Crippen LogP) is 0.972. The number of rotatable bonds is 3. The number of carbonyl (C=O) groups excluding carboxylic acids is 1. The van der Waals surface area contributed by atoms with Crippen LogP contribution < -0.4 is 5.73 Å². The van der Waals surface area contributed by atoms with Gasteiger partial charge in [-0.15, -0.1) is 11.3 Å². The van der Waals surface area contributed by atoms with Crippen molar-refractivity contribution in [3.8, 4) is 0 Å². The lowest BCUT2D eigenvalue weighted by Crippen LogP contribution is -2.44. The maximum Gasteiger partial charge on any atom is 0.252 e. The first-order valence-corrected chi connectivity index (χ1v) is 9.25. The summed E-state index contributed by atoms with van der Waals surface area (Å²) in [5.74, 6) is -0.145. The number of nitrogens with two attached hydrogens (primary N) is 1. The van der Waals surface area contributed by atoms with Crippen molar-refractivity contribution >= 4 is 38.9 Å². The van der Waals surface area contributed by atoms with Crippen molar-refractivity contribution < 1.29 is 13.2 Å². The Balaban J connectivity index is 2.11. The molecule has 0 bridgehead atoms. The number of thiophene rings is 1. The van der Waals surface area contributed by atoms with E-state index in [0.29, 0.717) is 30.4 Å². The van der Waals surface area contributed by atoms with Crippen LogP contribution in [0.3, 0.4) is 0 Å². The van der Waals surface area contributed by atoms with Crippen LogP contribution in [-0.2, 0) is 14.8 Å². The molecule has 2 rings (SSSR count). The molecular formula is C12H18ClN3O3S2. The summed E-state index contributed by atoms with van der Waals surface area (Å²) >= 11 is 6.85. The Labute approximate surface area is 133 Å². The fourth-order valence-corrected chi connectivity index (χ4v) is 5.31. The van der Waals surface area contributed by atoms with Gasteiger partial charge in [-0.05, 0) is 25.5 Å². The third-order valence-electron chi connectivity index (χ3n) is 3.30. The summed E-state index contributed by atoms with van der Waals surface area (Å²) in [7, 11) is -3.54. The van der Waals surface area contributed by atoms with E-state index in [1.807, 2.05) is 0 Å². The fraction of sp³-hybridized carbons (Fsp3) is 0.583. The Kier molecular flexibility index (Phi) is 5.26. The summed E-state index contributed by atoms with van der Waals surface area (Å²) in [4.78, 5) is 13.5. The van der Waals surface area contributed by atoms with Gasteiger partial charge in [0.1, 0.15) is 4.21 Å². The first kappa shape index (κ1) is 16.7. The monoisotopic (exact) mass is 351 g/mol. The summed E-state index contributed by atoms with van der Waals surface area (Å²) in [6.07, 6.45) is 0.594. The third kappa shape index (κ3) is 3.75. The highest BCUT2D eigenvalue weighted by Gasteiger charge is 2.29. The molecule has 1 aliphatic rings. The van der Waals surface area contributed by atoms with Gasteiger partial charge in [0, 0.05) is 26.2 Å². The van der Waals surface area contributed by atoms with Crippen molar-refractivity contribution in [2.24, 2.45) is 5.73 Å². The normalized spacial score (nSPS) is 19.3. The molecule has 1 aromatic heterocycles. The van der Waals surface area contributed by atoms with E-state index in [9.17, 15) is 13.2 Å². The Bertz CT molecular complexity index is 615. The van der Waals surface area contributed by atoms with E-state index in [1.165, 1.54) is 10.4 Å². The zero-order valence-corrected chi connectivity index (χ0v) is 14.0. The summed E-state index contributed by atoms with van der Waals surface area (Å²) in [5.41, 5.74) is 5.60. The van der Waals surface area contributed by atoms with Gasteiger partial charge >= 0.3 is 0 Å². The molecule has 0 radical (unpaired) electrons. The number of halogens is 1. The van der Waals surface area contributed by atoms with Gasteiger partial charge in [0.15, 0.2) is 0 Å². The average molecular weight is 352 g/mol. The minimum atomic E-state index is -3.54. The van der Waals surface area contributed by atoms with Crippen LogP contribution in [0.15, 0.2) is 16.3 Å². The van der Waals surface area contributed by atoms with Crippen molar-refractivity contribution in [3.05, 3.63) is 16.5 Å². The van der Waals surface area contributed by atoms with Crippen LogP contribution in [0.4, 0.5) is 0 Å². The minimum absolute atomic E-state index is 0.145. The summed E-state index contributed by atoms with van der Waals surface area (Å²) in [6, 6.07) is 2.52. The van der Waals surface area contributed by atoms with Crippen LogP contribution >= 0.6 is 22.9 Å². The number of nitrogens with zero attached hydrogens (tertiary/aromatic N) is 2. The highest BCUT2D eigenvalue weighted by Crippen LogP contribution is 2.28. The predicted molar refractivity (Wildman–Crippen MR) is 82.9 cm³/mol. The molecule has 0 aromatic carbocycles. The second-order valence-electron chi connectivity index (χ2n) is 4.93. The number of carbonyl (C=O) groups is 1. The standard InChI is InChI=1S/C12H18ClN3O3S2/c1-9(14)12(17)15-5-2-6-16(8-7-15)21(18,19)11-4-3-10(13)20-11/h3-4,9H,2,5-8,14H2,1H3/t9-/m1/s1. The lowest BCUT2D eigenvalue weighted by molar-refractivity contribution is -0.132. The van der Waals surface area contributed by atoms with Crippen LogP contribution in [0.1, 0.15) is 13.3 Å². The molecule has 0 unspecified atom stereocenters. The second kappa shape index (κ2) is 6.62. The van der Waals surface area contributed by atoms with E-state index < -0.39 is 16.1 Å². The molecule has 1 aromatic rings. The van der Waals surface area contributed by atoms with Crippen molar-refractivity contribution in [2.45, 2.75) is 23.6 Å². The molecule has 0 spiro atoms. The zero-order chi connectivity index (χ0) is 15.6. The van der Waals surface area contributed by atoms with Gasteiger partial charge in [-0.25, -0.2) is 8.42 Å². The SMILES string of the molecule is C[C@@H](N)C(=O)N1CCCN(S(=O)(=O)c2ccc(Cl)s2)CC1. The van der Waals surface area contributed by atoms with Gasteiger partial charge in [-0.1, -0.05) is 11.6 Å². The molecule has 1 fully saturated rings. The van der Waals surface area contributed by atoms with Crippen LogP contribution in [0.5, 0.6) is 0 Å². The molecule has 6 nitrogen and oxygen atoms in total. The molecule has 118 valence electrons. The van der Waals surface area contributed by atoms with Crippen molar-refractivity contribution in [1.29, 1.82) is 0 Å². The fourth-order valence-electron chi connectivity index (χ4n) is 2.21. The highest BCUT2D eigenvalue weighted by atomic mass is 35.5. The smallest absolute Gasteiger partial charge is 0.252 e.